The maximum absolute atomic E-state index is 12.1. The van der Waals surface area contributed by atoms with Crippen LogP contribution in [-0.2, 0) is 11.3 Å². The number of halogens is 1. The topological polar surface area (TPSA) is 26.3 Å². The Morgan fingerprint density at radius 2 is 1.74 bits per heavy atom. The van der Waals surface area contributed by atoms with Crippen molar-refractivity contribution in [3.8, 4) is 0 Å². The van der Waals surface area contributed by atoms with E-state index in [1.54, 1.807) is 19.1 Å². The van der Waals surface area contributed by atoms with Crippen molar-refractivity contribution in [3.05, 3.63) is 70.7 Å². The van der Waals surface area contributed by atoms with Crippen LogP contribution >= 0.6 is 11.6 Å². The van der Waals surface area contributed by atoms with E-state index in [0.717, 1.165) is 5.56 Å². The summed E-state index contributed by atoms with van der Waals surface area (Å²) in [4.78, 5) is 12.1. The van der Waals surface area contributed by atoms with Crippen molar-refractivity contribution in [3.63, 3.8) is 0 Å². The first-order valence-electron chi connectivity index (χ1n) is 6.13. The van der Waals surface area contributed by atoms with Crippen LogP contribution in [0, 0.1) is 0 Å². The lowest BCUT2D eigenvalue weighted by Gasteiger charge is -2.12. The Balaban J connectivity index is 1.97. The average Bonchev–Trinajstić information content (AvgIpc) is 2.46. The van der Waals surface area contributed by atoms with Crippen molar-refractivity contribution in [1.29, 1.82) is 0 Å². The molecule has 0 amide bonds. The second-order valence-corrected chi connectivity index (χ2v) is 4.68. The molecule has 0 fully saturated rings. The number of hydrogen-bond donors (Lipinski definition) is 0. The van der Waals surface area contributed by atoms with Crippen LogP contribution < -0.4 is 0 Å². The van der Waals surface area contributed by atoms with E-state index in [4.69, 9.17) is 16.3 Å². The van der Waals surface area contributed by atoms with Gasteiger partial charge in [-0.05, 0) is 18.6 Å². The third kappa shape index (κ3) is 3.66. The lowest BCUT2D eigenvalue weighted by atomic mass is 10.1. The zero-order valence-corrected chi connectivity index (χ0v) is 11.4. The summed E-state index contributed by atoms with van der Waals surface area (Å²) in [7, 11) is 0. The summed E-state index contributed by atoms with van der Waals surface area (Å²) in [6, 6.07) is 16.6. The highest BCUT2D eigenvalue weighted by Crippen LogP contribution is 2.17. The Labute approximate surface area is 118 Å². The van der Waals surface area contributed by atoms with Crippen LogP contribution in [0.3, 0.4) is 0 Å². The molecule has 0 spiro atoms. The second-order valence-electron chi connectivity index (χ2n) is 4.27. The highest BCUT2D eigenvalue weighted by atomic mass is 35.5. The second kappa shape index (κ2) is 6.50. The Morgan fingerprint density at radius 3 is 2.42 bits per heavy atom. The largest absolute Gasteiger partial charge is 0.366 e. The summed E-state index contributed by atoms with van der Waals surface area (Å²) in [5.74, 6) is -0.0207. The van der Waals surface area contributed by atoms with E-state index in [9.17, 15) is 4.79 Å². The molecule has 0 aliphatic rings. The molecule has 1 atom stereocenters. The molecular formula is C16H15ClO2. The van der Waals surface area contributed by atoms with Crippen molar-refractivity contribution < 1.29 is 9.53 Å². The summed E-state index contributed by atoms with van der Waals surface area (Å²) < 4.78 is 5.59. The minimum Gasteiger partial charge on any atom is -0.366 e. The monoisotopic (exact) mass is 274 g/mol. The molecule has 0 N–H and O–H groups in total. The first-order valence-corrected chi connectivity index (χ1v) is 6.50. The predicted octanol–water partition coefficient (Wildman–Crippen LogP) is 4.13. The Morgan fingerprint density at radius 1 is 1.11 bits per heavy atom. The molecule has 0 aliphatic carbocycles. The first-order chi connectivity index (χ1) is 9.18. The molecule has 2 aromatic carbocycles. The first kappa shape index (κ1) is 13.8. The van der Waals surface area contributed by atoms with Crippen LogP contribution in [0.4, 0.5) is 0 Å². The van der Waals surface area contributed by atoms with E-state index in [2.05, 4.69) is 0 Å². The summed E-state index contributed by atoms with van der Waals surface area (Å²) in [6.45, 7) is 2.09. The molecule has 19 heavy (non-hydrogen) atoms. The number of carbonyl (C=O) groups is 1. The number of ether oxygens (including phenoxy) is 1. The van der Waals surface area contributed by atoms with Gasteiger partial charge in [0.25, 0.3) is 0 Å². The van der Waals surface area contributed by atoms with Gasteiger partial charge in [0.1, 0.15) is 6.10 Å². The van der Waals surface area contributed by atoms with Crippen molar-refractivity contribution in [1.82, 2.24) is 0 Å². The zero-order chi connectivity index (χ0) is 13.7. The molecule has 1 unspecified atom stereocenters. The van der Waals surface area contributed by atoms with Gasteiger partial charge in [-0.2, -0.15) is 0 Å². The molecule has 0 saturated heterocycles. The van der Waals surface area contributed by atoms with Gasteiger partial charge in [-0.1, -0.05) is 60.1 Å². The number of rotatable bonds is 5. The van der Waals surface area contributed by atoms with Crippen LogP contribution in [0.25, 0.3) is 0 Å². The fraction of sp³-hybridized carbons (Fsp3) is 0.188. The van der Waals surface area contributed by atoms with Crippen molar-refractivity contribution in [2.75, 3.05) is 0 Å². The number of benzene rings is 2. The fourth-order valence-corrected chi connectivity index (χ4v) is 1.93. The van der Waals surface area contributed by atoms with E-state index >= 15 is 0 Å². The summed E-state index contributed by atoms with van der Waals surface area (Å²) in [5, 5.41) is 0.655. The van der Waals surface area contributed by atoms with Gasteiger partial charge in [0.05, 0.1) is 6.61 Å². The molecule has 0 heterocycles. The highest BCUT2D eigenvalue weighted by molar-refractivity contribution is 6.31. The predicted molar refractivity (Wildman–Crippen MR) is 76.5 cm³/mol. The SMILES string of the molecule is CC(OCc1ccccc1Cl)C(=O)c1ccccc1. The lowest BCUT2D eigenvalue weighted by Crippen LogP contribution is -2.20. The molecule has 0 saturated carbocycles. The van der Waals surface area contributed by atoms with Gasteiger partial charge in [-0.25, -0.2) is 0 Å². The average molecular weight is 275 g/mol. The molecule has 98 valence electrons. The van der Waals surface area contributed by atoms with Crippen LogP contribution in [0.15, 0.2) is 54.6 Å². The molecule has 2 nitrogen and oxygen atoms in total. The van der Waals surface area contributed by atoms with Gasteiger partial charge in [-0.3, -0.25) is 4.79 Å². The van der Waals surface area contributed by atoms with Crippen molar-refractivity contribution >= 4 is 17.4 Å². The maximum Gasteiger partial charge on any atom is 0.191 e. The molecule has 2 aromatic rings. The van der Waals surface area contributed by atoms with Gasteiger partial charge in [0, 0.05) is 10.6 Å². The Bertz CT molecular complexity index is 552. The molecule has 0 radical (unpaired) electrons. The van der Waals surface area contributed by atoms with E-state index < -0.39 is 6.10 Å². The number of carbonyl (C=O) groups excluding carboxylic acids is 1. The van der Waals surface area contributed by atoms with Crippen molar-refractivity contribution in [2.45, 2.75) is 19.6 Å². The van der Waals surface area contributed by atoms with Gasteiger partial charge in [-0.15, -0.1) is 0 Å². The highest BCUT2D eigenvalue weighted by Gasteiger charge is 2.15. The molecule has 2 rings (SSSR count). The number of Topliss-reactive ketones (excluding diaryl/α,β-unsaturated/α-hetero) is 1. The number of ketones is 1. The van der Waals surface area contributed by atoms with Crippen LogP contribution in [-0.4, -0.2) is 11.9 Å². The zero-order valence-electron chi connectivity index (χ0n) is 10.7. The van der Waals surface area contributed by atoms with Crippen molar-refractivity contribution in [2.24, 2.45) is 0 Å². The minimum absolute atomic E-state index is 0.0207. The van der Waals surface area contributed by atoms with Crippen LogP contribution in [0.2, 0.25) is 5.02 Å². The maximum atomic E-state index is 12.1. The van der Waals surface area contributed by atoms with Gasteiger partial charge in [0.15, 0.2) is 5.78 Å². The lowest BCUT2D eigenvalue weighted by molar-refractivity contribution is 0.0412. The molecular weight excluding hydrogens is 260 g/mol. The molecule has 0 bridgehead atoms. The standard InChI is InChI=1S/C16H15ClO2/c1-12(16(18)13-7-3-2-4-8-13)19-11-14-9-5-6-10-15(14)17/h2-10,12H,11H2,1H3. The van der Waals surface area contributed by atoms with Gasteiger partial charge < -0.3 is 4.74 Å². The van der Waals surface area contributed by atoms with Crippen LogP contribution in [0.1, 0.15) is 22.8 Å². The fourth-order valence-electron chi connectivity index (χ4n) is 1.74. The molecule has 3 heteroatoms. The van der Waals surface area contributed by atoms with Gasteiger partial charge in [0.2, 0.25) is 0 Å². The Hall–Kier alpha value is -1.64. The van der Waals surface area contributed by atoms with E-state index in [-0.39, 0.29) is 5.78 Å². The van der Waals surface area contributed by atoms with Crippen LogP contribution in [0.5, 0.6) is 0 Å². The summed E-state index contributed by atoms with van der Waals surface area (Å²) in [6.07, 6.45) is -0.487. The smallest absolute Gasteiger partial charge is 0.191 e. The minimum atomic E-state index is -0.487. The quantitative estimate of drug-likeness (QED) is 0.767. The molecule has 0 aromatic heterocycles. The van der Waals surface area contributed by atoms with E-state index in [1.165, 1.54) is 0 Å². The summed E-state index contributed by atoms with van der Waals surface area (Å²) >= 11 is 6.04. The van der Waals surface area contributed by atoms with Gasteiger partial charge >= 0.3 is 0 Å². The third-order valence-electron chi connectivity index (χ3n) is 2.87. The third-order valence-corrected chi connectivity index (χ3v) is 3.24. The van der Waals surface area contributed by atoms with E-state index in [1.807, 2.05) is 42.5 Å². The van der Waals surface area contributed by atoms with E-state index in [0.29, 0.717) is 17.2 Å². The number of hydrogen-bond acceptors (Lipinski definition) is 2. The summed E-state index contributed by atoms with van der Waals surface area (Å²) in [5.41, 5.74) is 1.55. The Kier molecular flexibility index (Phi) is 4.72. The molecule has 0 aliphatic heterocycles. The normalized spacial score (nSPS) is 12.1.